The summed E-state index contributed by atoms with van der Waals surface area (Å²) in [5.41, 5.74) is 16.6. The molecule has 0 unspecified atom stereocenters. The van der Waals surface area contributed by atoms with Crippen LogP contribution < -0.4 is 16.8 Å². The molecule has 168 valence electrons. The number of aromatic nitrogens is 3. The van der Waals surface area contributed by atoms with E-state index in [1.54, 1.807) is 18.5 Å². The van der Waals surface area contributed by atoms with E-state index in [1.807, 2.05) is 42.6 Å². The molecule has 8 nitrogen and oxygen atoms in total. The molecule has 0 saturated heterocycles. The van der Waals surface area contributed by atoms with Crippen molar-refractivity contribution < 1.29 is 4.79 Å². The summed E-state index contributed by atoms with van der Waals surface area (Å²) in [4.78, 5) is 25.7. The molecule has 0 bridgehead atoms. The Morgan fingerprint density at radius 2 is 2.06 bits per heavy atom. The first-order chi connectivity index (χ1) is 15.9. The molecule has 1 aromatic carbocycles. The number of benzene rings is 1. The fourth-order valence-corrected chi connectivity index (χ4v) is 3.95. The van der Waals surface area contributed by atoms with Crippen LogP contribution in [-0.2, 0) is 17.9 Å². The third-order valence-corrected chi connectivity index (χ3v) is 5.75. The number of nitrogen functional groups attached to an aromatic ring is 1. The molecule has 3 aromatic heterocycles. The lowest BCUT2D eigenvalue weighted by atomic mass is 9.96. The van der Waals surface area contributed by atoms with Crippen molar-refractivity contribution in [2.24, 2.45) is 10.7 Å². The van der Waals surface area contributed by atoms with E-state index < -0.39 is 0 Å². The molecule has 5 N–H and O–H groups in total. The van der Waals surface area contributed by atoms with Gasteiger partial charge in [0.1, 0.15) is 11.5 Å². The van der Waals surface area contributed by atoms with E-state index in [1.165, 1.54) is 12.4 Å². The van der Waals surface area contributed by atoms with Crippen molar-refractivity contribution in [3.8, 4) is 0 Å². The minimum atomic E-state index is -0.309. The monoisotopic (exact) mass is 461 g/mol. The first-order valence-corrected chi connectivity index (χ1v) is 10.7. The second-order valence-corrected chi connectivity index (χ2v) is 8.14. The van der Waals surface area contributed by atoms with Crippen LogP contribution in [-0.4, -0.2) is 26.5 Å². The molecule has 0 fully saturated rings. The average molecular weight is 462 g/mol. The lowest BCUT2D eigenvalue weighted by Crippen LogP contribution is -2.26. The highest BCUT2D eigenvalue weighted by Crippen LogP contribution is 2.27. The Morgan fingerprint density at radius 3 is 2.85 bits per heavy atom. The maximum Gasteiger partial charge on any atom is 0.254 e. The van der Waals surface area contributed by atoms with Crippen molar-refractivity contribution in [3.63, 3.8) is 0 Å². The molecule has 4 aromatic rings. The van der Waals surface area contributed by atoms with E-state index in [9.17, 15) is 4.79 Å². The number of amides is 1. The van der Waals surface area contributed by atoms with E-state index in [0.29, 0.717) is 23.9 Å². The highest BCUT2D eigenvalue weighted by Gasteiger charge is 2.13. The number of nitrogens with zero attached hydrogens (tertiary/aromatic N) is 4. The van der Waals surface area contributed by atoms with Gasteiger partial charge in [-0.25, -0.2) is 9.97 Å². The molecule has 0 saturated carbocycles. The maximum atomic E-state index is 12.7. The molecule has 1 amide bonds. The van der Waals surface area contributed by atoms with Crippen LogP contribution in [0, 0.1) is 13.8 Å². The minimum absolute atomic E-state index is 0.270. The molecule has 0 atom stereocenters. The molecule has 0 aliphatic carbocycles. The van der Waals surface area contributed by atoms with Gasteiger partial charge in [0.05, 0.1) is 22.8 Å². The summed E-state index contributed by atoms with van der Waals surface area (Å²) in [5.74, 6) is 0.184. The summed E-state index contributed by atoms with van der Waals surface area (Å²) >= 11 is 6.00. The first-order valence-electron chi connectivity index (χ1n) is 10.3. The highest BCUT2D eigenvalue weighted by atomic mass is 35.5. The molecule has 9 heteroatoms. The maximum absolute atomic E-state index is 12.7. The number of nitrogens with one attached hydrogen (secondary N) is 1. The van der Waals surface area contributed by atoms with Gasteiger partial charge in [0.15, 0.2) is 0 Å². The van der Waals surface area contributed by atoms with Gasteiger partial charge in [-0.05, 0) is 60.2 Å². The third-order valence-electron chi connectivity index (χ3n) is 5.53. The van der Waals surface area contributed by atoms with Crippen molar-refractivity contribution in [3.05, 3.63) is 82.0 Å². The molecule has 0 aliphatic heterocycles. The van der Waals surface area contributed by atoms with Crippen molar-refractivity contribution >= 4 is 46.0 Å². The average Bonchev–Trinajstić information content (AvgIpc) is 3.19. The zero-order chi connectivity index (χ0) is 23.5. The van der Waals surface area contributed by atoms with Crippen LogP contribution in [0.15, 0.2) is 59.6 Å². The van der Waals surface area contributed by atoms with E-state index in [0.717, 1.165) is 38.8 Å². The molecule has 4 rings (SSSR count). The zero-order valence-corrected chi connectivity index (χ0v) is 19.1. The van der Waals surface area contributed by atoms with Crippen molar-refractivity contribution in [2.75, 3.05) is 5.73 Å². The Hall–Kier alpha value is -3.91. The summed E-state index contributed by atoms with van der Waals surface area (Å²) in [5, 5.41) is 5.47. The van der Waals surface area contributed by atoms with Gasteiger partial charge >= 0.3 is 0 Å². The van der Waals surface area contributed by atoms with Gasteiger partial charge in [-0.3, -0.25) is 9.79 Å². The lowest BCUT2D eigenvalue weighted by molar-refractivity contribution is -0.117. The molecular formula is C24H24ClN7O. The topological polar surface area (TPSA) is 124 Å². The van der Waals surface area contributed by atoms with Crippen LogP contribution in [0.3, 0.4) is 0 Å². The highest BCUT2D eigenvalue weighted by molar-refractivity contribution is 6.30. The van der Waals surface area contributed by atoms with Gasteiger partial charge in [-0.1, -0.05) is 11.6 Å². The first kappa shape index (κ1) is 22.3. The fourth-order valence-electron chi connectivity index (χ4n) is 3.78. The number of halogens is 1. The van der Waals surface area contributed by atoms with E-state index >= 15 is 0 Å². The molecule has 0 aliphatic rings. The summed E-state index contributed by atoms with van der Waals surface area (Å²) in [6.45, 7) is 4.66. The van der Waals surface area contributed by atoms with Crippen LogP contribution in [0.4, 0.5) is 5.82 Å². The van der Waals surface area contributed by atoms with Crippen LogP contribution >= 0.6 is 11.6 Å². The van der Waals surface area contributed by atoms with Crippen LogP contribution in [0.25, 0.3) is 16.4 Å². The van der Waals surface area contributed by atoms with Crippen molar-refractivity contribution in [1.29, 1.82) is 0 Å². The van der Waals surface area contributed by atoms with E-state index in [-0.39, 0.29) is 11.5 Å². The normalized spacial score (nSPS) is 12.2. The number of aryl methyl sites for hydroxylation is 2. The second-order valence-electron chi connectivity index (χ2n) is 7.71. The number of fused-ring (bicyclic) bond motifs is 2. The number of imidazole rings is 1. The molecule has 0 radical (unpaired) electrons. The number of rotatable bonds is 6. The standard InChI is InChI=1S/C24H24ClN7O/c1-14-7-20-19(5-6-29-23(20)27)15(2)21(14)11-30-24(33)16(8-26)9-28-10-18-13-32-12-17(25)3-4-22(32)31-18/h3-9,12-13H,10-11,26H2,1-2H3,(H2,27,29)(H,30,33)/b16-8+,28-9?. The van der Waals surface area contributed by atoms with Gasteiger partial charge in [-0.2, -0.15) is 0 Å². The number of hydrogen-bond donors (Lipinski definition) is 3. The largest absolute Gasteiger partial charge is 0.404 e. The van der Waals surface area contributed by atoms with Crippen LogP contribution in [0.5, 0.6) is 0 Å². The van der Waals surface area contributed by atoms with Gasteiger partial charge in [-0.15, -0.1) is 0 Å². The number of hydrogen-bond acceptors (Lipinski definition) is 6. The van der Waals surface area contributed by atoms with E-state index in [2.05, 4.69) is 20.3 Å². The summed E-state index contributed by atoms with van der Waals surface area (Å²) in [7, 11) is 0. The molecule has 33 heavy (non-hydrogen) atoms. The fraction of sp³-hybridized carbons (Fsp3) is 0.167. The number of anilines is 1. The van der Waals surface area contributed by atoms with Gasteiger partial charge in [0, 0.05) is 42.9 Å². The Kier molecular flexibility index (Phi) is 6.28. The smallest absolute Gasteiger partial charge is 0.254 e. The quantitative estimate of drug-likeness (QED) is 0.299. The summed E-state index contributed by atoms with van der Waals surface area (Å²) in [6.07, 6.45) is 8.01. The summed E-state index contributed by atoms with van der Waals surface area (Å²) < 4.78 is 1.83. The lowest BCUT2D eigenvalue weighted by Gasteiger charge is -2.15. The third kappa shape index (κ3) is 4.65. The minimum Gasteiger partial charge on any atom is -0.404 e. The zero-order valence-electron chi connectivity index (χ0n) is 18.3. The number of carbonyl (C=O) groups excluding carboxylic acids is 1. The van der Waals surface area contributed by atoms with Gasteiger partial charge in [0.25, 0.3) is 5.91 Å². The predicted octanol–water partition coefficient (Wildman–Crippen LogP) is 3.46. The van der Waals surface area contributed by atoms with Crippen LogP contribution in [0.1, 0.15) is 22.4 Å². The molecular weight excluding hydrogens is 438 g/mol. The number of nitrogens with two attached hydrogens (primary N) is 2. The van der Waals surface area contributed by atoms with Crippen LogP contribution in [0.2, 0.25) is 5.02 Å². The van der Waals surface area contributed by atoms with Gasteiger partial charge in [0.2, 0.25) is 0 Å². The van der Waals surface area contributed by atoms with Gasteiger partial charge < -0.3 is 21.2 Å². The van der Waals surface area contributed by atoms with Crippen molar-refractivity contribution in [1.82, 2.24) is 19.7 Å². The Balaban J connectivity index is 1.44. The summed E-state index contributed by atoms with van der Waals surface area (Å²) in [6, 6.07) is 7.53. The second kappa shape index (κ2) is 9.30. The SMILES string of the molecule is Cc1cc2c(N)nccc2c(C)c1CNC(=O)/C(C=NCc1cn2cc(Cl)ccc2n1)=C/N. The Labute approximate surface area is 196 Å². The molecule has 0 spiro atoms. The number of carbonyl (C=O) groups is 1. The molecule has 3 heterocycles. The number of pyridine rings is 2. The Morgan fingerprint density at radius 1 is 1.24 bits per heavy atom. The van der Waals surface area contributed by atoms with E-state index in [4.69, 9.17) is 23.1 Å². The number of aliphatic imine (C=N–C) groups is 1. The predicted molar refractivity (Wildman–Crippen MR) is 132 cm³/mol. The van der Waals surface area contributed by atoms with Crippen molar-refractivity contribution in [2.45, 2.75) is 26.9 Å². The Bertz CT molecular complexity index is 1420.